The Bertz CT molecular complexity index is 1040. The summed E-state index contributed by atoms with van der Waals surface area (Å²) in [6, 6.07) is 3.08. The molecule has 1 fully saturated rings. The summed E-state index contributed by atoms with van der Waals surface area (Å²) < 4.78 is 37.6. The van der Waals surface area contributed by atoms with Crippen LogP contribution < -0.4 is 0 Å². The van der Waals surface area contributed by atoms with Crippen LogP contribution in [0.1, 0.15) is 78.2 Å². The molecule has 1 amide bonds. The van der Waals surface area contributed by atoms with Gasteiger partial charge in [0, 0.05) is 36.3 Å². The van der Waals surface area contributed by atoms with E-state index in [9.17, 15) is 13.6 Å². The highest BCUT2D eigenvalue weighted by Gasteiger charge is 2.30. The molecule has 0 spiro atoms. The Morgan fingerprint density at radius 1 is 1.24 bits per heavy atom. The van der Waals surface area contributed by atoms with Crippen LogP contribution in [-0.4, -0.2) is 39.2 Å². The third-order valence-electron chi connectivity index (χ3n) is 5.36. The van der Waals surface area contributed by atoms with Gasteiger partial charge in [-0.25, -0.2) is 13.8 Å². The normalized spacial score (nSPS) is 17.6. The van der Waals surface area contributed by atoms with Crippen LogP contribution in [0.15, 0.2) is 21.2 Å². The topological polar surface area (TPSA) is 85.3 Å². The van der Waals surface area contributed by atoms with Crippen molar-refractivity contribution in [3.8, 4) is 0 Å². The minimum Gasteiger partial charge on any atom is -0.351 e. The summed E-state index contributed by atoms with van der Waals surface area (Å²) in [4.78, 5) is 18.9. The molecule has 0 N–H and O–H groups in total. The van der Waals surface area contributed by atoms with Gasteiger partial charge in [0.2, 0.25) is 5.76 Å². The largest absolute Gasteiger partial charge is 0.351 e. The second kappa shape index (κ2) is 7.53. The van der Waals surface area contributed by atoms with E-state index in [1.165, 1.54) is 6.07 Å². The number of halogens is 2. The molecule has 0 aliphatic carbocycles. The summed E-state index contributed by atoms with van der Waals surface area (Å²) in [6.45, 7) is 6.49. The summed E-state index contributed by atoms with van der Waals surface area (Å²) >= 11 is 0. The van der Waals surface area contributed by atoms with Crippen LogP contribution in [-0.2, 0) is 0 Å². The first kappa shape index (κ1) is 19.5. The number of aryl methyl sites for hydroxylation is 1. The second-order valence-corrected chi connectivity index (χ2v) is 7.75. The molecule has 29 heavy (non-hydrogen) atoms. The first-order valence-corrected chi connectivity index (χ1v) is 9.66. The van der Waals surface area contributed by atoms with Gasteiger partial charge in [0.15, 0.2) is 0 Å². The molecule has 0 bridgehead atoms. The number of rotatable bonds is 4. The smallest absolute Gasteiger partial charge is 0.292 e. The second-order valence-electron chi connectivity index (χ2n) is 7.75. The van der Waals surface area contributed by atoms with Crippen LogP contribution in [0.25, 0.3) is 11.1 Å². The highest BCUT2D eigenvalue weighted by atomic mass is 19.3. The van der Waals surface area contributed by atoms with Gasteiger partial charge in [-0.05, 0) is 31.7 Å². The van der Waals surface area contributed by atoms with Gasteiger partial charge in [0.05, 0.1) is 16.8 Å². The maximum Gasteiger partial charge on any atom is 0.292 e. The lowest BCUT2D eigenvalue weighted by atomic mass is 9.92. The number of fused-ring (bicyclic) bond motifs is 1. The van der Waals surface area contributed by atoms with Gasteiger partial charge in [-0.2, -0.15) is 0 Å². The molecule has 7 nitrogen and oxygen atoms in total. The van der Waals surface area contributed by atoms with Crippen molar-refractivity contribution >= 4 is 17.0 Å². The van der Waals surface area contributed by atoms with Crippen molar-refractivity contribution in [1.29, 1.82) is 0 Å². The number of piperidine rings is 1. The Hall–Kier alpha value is -2.84. The van der Waals surface area contributed by atoms with E-state index >= 15 is 0 Å². The van der Waals surface area contributed by atoms with Gasteiger partial charge >= 0.3 is 0 Å². The zero-order chi connectivity index (χ0) is 20.7. The van der Waals surface area contributed by atoms with Crippen molar-refractivity contribution in [3.63, 3.8) is 0 Å². The van der Waals surface area contributed by atoms with E-state index in [2.05, 4.69) is 15.3 Å². The molecule has 154 valence electrons. The van der Waals surface area contributed by atoms with Crippen molar-refractivity contribution < 1.29 is 22.6 Å². The van der Waals surface area contributed by atoms with Crippen LogP contribution in [0.5, 0.6) is 0 Å². The molecule has 0 saturated carbocycles. The number of hydrogen-bond donors (Lipinski definition) is 0. The Morgan fingerprint density at radius 2 is 2.03 bits per heavy atom. The van der Waals surface area contributed by atoms with E-state index in [0.29, 0.717) is 24.5 Å². The van der Waals surface area contributed by atoms with Crippen molar-refractivity contribution in [3.05, 3.63) is 40.5 Å². The van der Waals surface area contributed by atoms with Crippen LogP contribution in [0.3, 0.4) is 0 Å². The fraction of sp³-hybridized carbons (Fsp3) is 0.500. The molecule has 1 saturated heterocycles. The maximum absolute atomic E-state index is 13.6. The lowest BCUT2D eigenvalue weighted by Crippen LogP contribution is -2.39. The maximum atomic E-state index is 13.6. The third kappa shape index (κ3) is 3.61. The van der Waals surface area contributed by atoms with Crippen LogP contribution in [0.4, 0.5) is 8.78 Å². The van der Waals surface area contributed by atoms with Gasteiger partial charge in [-0.15, -0.1) is 0 Å². The van der Waals surface area contributed by atoms with Crippen molar-refractivity contribution in [2.24, 2.45) is 0 Å². The van der Waals surface area contributed by atoms with Crippen LogP contribution in [0.2, 0.25) is 0 Å². The van der Waals surface area contributed by atoms with Crippen molar-refractivity contribution in [2.75, 3.05) is 13.1 Å². The van der Waals surface area contributed by atoms with Gasteiger partial charge in [0.1, 0.15) is 0 Å². The molecule has 0 radical (unpaired) electrons. The summed E-state index contributed by atoms with van der Waals surface area (Å²) in [6.07, 6.45) is -1.19. The standard InChI is InChI=1S/C20H22F2N4O3/c1-10(2)14-8-16(28-25-14)20(27)26-6-4-5-12(9-26)15-7-13(18(21)22)17-11(3)24-29-19(17)23-15/h7-8,10,12,18H,4-6,9H2,1-3H3. The van der Waals surface area contributed by atoms with E-state index in [0.717, 1.165) is 18.5 Å². The number of hydrogen-bond acceptors (Lipinski definition) is 6. The number of amides is 1. The number of carbonyl (C=O) groups is 1. The highest BCUT2D eigenvalue weighted by molar-refractivity contribution is 5.91. The van der Waals surface area contributed by atoms with Crippen LogP contribution in [0, 0.1) is 6.92 Å². The lowest BCUT2D eigenvalue weighted by molar-refractivity contribution is 0.0663. The fourth-order valence-corrected chi connectivity index (χ4v) is 3.75. The molecule has 3 aromatic rings. The lowest BCUT2D eigenvalue weighted by Gasteiger charge is -2.32. The molecule has 1 aliphatic heterocycles. The van der Waals surface area contributed by atoms with E-state index in [1.54, 1.807) is 17.9 Å². The van der Waals surface area contributed by atoms with E-state index in [4.69, 9.17) is 9.05 Å². The molecule has 4 rings (SSSR count). The average Bonchev–Trinajstić information content (AvgIpc) is 3.34. The molecule has 4 heterocycles. The molecule has 1 unspecified atom stereocenters. The Labute approximate surface area is 166 Å². The van der Waals surface area contributed by atoms with E-state index < -0.39 is 6.43 Å². The van der Waals surface area contributed by atoms with E-state index in [1.807, 2.05) is 13.8 Å². The number of nitrogens with zero attached hydrogens (tertiary/aromatic N) is 4. The number of likely N-dealkylation sites (tertiary alicyclic amines) is 1. The fourth-order valence-electron chi connectivity index (χ4n) is 3.75. The van der Waals surface area contributed by atoms with Crippen LogP contribution >= 0.6 is 0 Å². The van der Waals surface area contributed by atoms with Gasteiger partial charge < -0.3 is 13.9 Å². The monoisotopic (exact) mass is 404 g/mol. The number of aromatic nitrogens is 3. The molecular formula is C20H22F2N4O3. The number of carbonyl (C=O) groups excluding carboxylic acids is 1. The Kier molecular flexibility index (Phi) is 5.06. The highest BCUT2D eigenvalue weighted by Crippen LogP contribution is 2.34. The van der Waals surface area contributed by atoms with Gasteiger partial charge in [-0.1, -0.05) is 24.2 Å². The molecule has 3 aromatic heterocycles. The zero-order valence-corrected chi connectivity index (χ0v) is 16.5. The van der Waals surface area contributed by atoms with Crippen molar-refractivity contribution in [2.45, 2.75) is 51.9 Å². The van der Waals surface area contributed by atoms with Crippen molar-refractivity contribution in [1.82, 2.24) is 20.2 Å². The quantitative estimate of drug-likeness (QED) is 0.632. The molecule has 1 atom stereocenters. The molecular weight excluding hydrogens is 382 g/mol. The minimum atomic E-state index is -2.66. The molecule has 9 heteroatoms. The summed E-state index contributed by atoms with van der Waals surface area (Å²) in [5, 5.41) is 7.97. The van der Waals surface area contributed by atoms with Gasteiger partial charge in [-0.3, -0.25) is 4.79 Å². The summed E-state index contributed by atoms with van der Waals surface area (Å²) in [5.74, 6) is -0.0763. The predicted molar refractivity (Wildman–Crippen MR) is 100.0 cm³/mol. The van der Waals surface area contributed by atoms with E-state index in [-0.39, 0.29) is 40.2 Å². The average molecular weight is 404 g/mol. The summed E-state index contributed by atoms with van der Waals surface area (Å²) in [7, 11) is 0. The predicted octanol–water partition coefficient (Wildman–Crippen LogP) is 4.60. The van der Waals surface area contributed by atoms with Gasteiger partial charge in [0.25, 0.3) is 18.0 Å². The minimum absolute atomic E-state index is 0.107. The number of pyridine rings is 1. The third-order valence-corrected chi connectivity index (χ3v) is 5.36. The first-order chi connectivity index (χ1) is 13.8. The Balaban J connectivity index is 1.60. The zero-order valence-electron chi connectivity index (χ0n) is 16.5. The molecule has 0 aromatic carbocycles. The number of alkyl halides is 2. The first-order valence-electron chi connectivity index (χ1n) is 9.66. The molecule has 1 aliphatic rings. The Morgan fingerprint density at radius 3 is 2.72 bits per heavy atom. The summed E-state index contributed by atoms with van der Waals surface area (Å²) in [5.41, 5.74) is 1.57. The SMILES string of the molecule is Cc1noc2nc(C3CCCN(C(=O)c4cc(C(C)C)no4)C3)cc(C(F)F)c12.